The van der Waals surface area contributed by atoms with E-state index in [0.717, 1.165) is 4.47 Å². The highest BCUT2D eigenvalue weighted by molar-refractivity contribution is 9.10. The Labute approximate surface area is 155 Å². The average molecular weight is 385 g/mol. The Kier molecular flexibility index (Phi) is 4.23. The van der Waals surface area contributed by atoms with Gasteiger partial charge in [0.25, 0.3) is 0 Å². The normalized spacial score (nSPS) is 19.0. The van der Waals surface area contributed by atoms with Crippen molar-refractivity contribution < 1.29 is 0 Å². The molecule has 0 aromatic heterocycles. The highest BCUT2D eigenvalue weighted by Gasteiger charge is 2.38. The maximum atomic E-state index is 3.55. The van der Waals surface area contributed by atoms with Crippen LogP contribution in [0.25, 0.3) is 0 Å². The smallest absolute Gasteiger partial charge is 0.0175 e. The fraction of sp³-hybridized carbons (Fsp3) is 0.478. The summed E-state index contributed by atoms with van der Waals surface area (Å²) in [4.78, 5) is 0. The first-order valence-electron chi connectivity index (χ1n) is 8.96. The Morgan fingerprint density at radius 3 is 1.83 bits per heavy atom. The Morgan fingerprint density at radius 2 is 1.25 bits per heavy atom. The zero-order valence-electron chi connectivity index (χ0n) is 15.8. The van der Waals surface area contributed by atoms with E-state index in [1.54, 1.807) is 5.56 Å². The van der Waals surface area contributed by atoms with Crippen LogP contribution in [-0.4, -0.2) is 0 Å². The summed E-state index contributed by atoms with van der Waals surface area (Å²) in [6.07, 6.45) is 2.53. The summed E-state index contributed by atoms with van der Waals surface area (Å²) in [6, 6.07) is 16.0. The molecule has 0 amide bonds. The molecule has 0 aliphatic heterocycles. The van der Waals surface area contributed by atoms with Crippen molar-refractivity contribution in [3.8, 4) is 0 Å². The highest BCUT2D eigenvalue weighted by atomic mass is 79.9. The number of benzene rings is 2. The predicted molar refractivity (Wildman–Crippen MR) is 108 cm³/mol. The average Bonchev–Trinajstić information content (AvgIpc) is 2.52. The van der Waals surface area contributed by atoms with Crippen molar-refractivity contribution in [1.82, 2.24) is 0 Å². The molecule has 0 heterocycles. The van der Waals surface area contributed by atoms with Crippen molar-refractivity contribution in [2.75, 3.05) is 0 Å². The van der Waals surface area contributed by atoms with Gasteiger partial charge >= 0.3 is 0 Å². The maximum Gasteiger partial charge on any atom is 0.0175 e. The summed E-state index contributed by atoms with van der Waals surface area (Å²) in [5, 5.41) is 0. The monoisotopic (exact) mass is 384 g/mol. The largest absolute Gasteiger partial charge is 0.0579 e. The molecule has 1 heteroatoms. The van der Waals surface area contributed by atoms with Crippen molar-refractivity contribution in [3.63, 3.8) is 0 Å². The van der Waals surface area contributed by atoms with E-state index < -0.39 is 0 Å². The molecule has 2 aromatic rings. The predicted octanol–water partition coefficient (Wildman–Crippen LogP) is 7.12. The third-order valence-electron chi connectivity index (χ3n) is 6.14. The van der Waals surface area contributed by atoms with Crippen molar-refractivity contribution in [2.45, 2.75) is 70.6 Å². The molecule has 0 saturated heterocycles. The Morgan fingerprint density at radius 1 is 0.750 bits per heavy atom. The third-order valence-corrected chi connectivity index (χ3v) is 6.67. The zero-order valence-corrected chi connectivity index (χ0v) is 17.4. The van der Waals surface area contributed by atoms with Crippen LogP contribution in [0.1, 0.15) is 76.6 Å². The summed E-state index contributed by atoms with van der Waals surface area (Å²) < 4.78 is 1.13. The lowest BCUT2D eigenvalue weighted by atomic mass is 9.62. The van der Waals surface area contributed by atoms with Crippen LogP contribution in [0.4, 0.5) is 0 Å². The van der Waals surface area contributed by atoms with Gasteiger partial charge in [-0.25, -0.2) is 0 Å². The van der Waals surface area contributed by atoms with Gasteiger partial charge in [0.15, 0.2) is 0 Å². The highest BCUT2D eigenvalue weighted by Crippen LogP contribution is 2.47. The number of halogens is 1. The first-order chi connectivity index (χ1) is 11.0. The summed E-state index contributed by atoms with van der Waals surface area (Å²) in [6.45, 7) is 14.2. The van der Waals surface area contributed by atoms with Crippen LogP contribution in [0.2, 0.25) is 0 Å². The van der Waals surface area contributed by atoms with E-state index in [1.165, 1.54) is 29.5 Å². The molecule has 1 aliphatic rings. The lowest BCUT2D eigenvalue weighted by molar-refractivity contribution is 0.331. The minimum atomic E-state index is 0.00734. The summed E-state index contributed by atoms with van der Waals surface area (Å²) in [7, 11) is 0. The lowest BCUT2D eigenvalue weighted by Gasteiger charge is -2.43. The summed E-state index contributed by atoms with van der Waals surface area (Å²) >= 11 is 3.55. The molecule has 0 N–H and O–H groups in total. The Balaban J connectivity index is 2.12. The van der Waals surface area contributed by atoms with E-state index >= 15 is 0 Å². The van der Waals surface area contributed by atoms with Gasteiger partial charge in [-0.15, -0.1) is 0 Å². The molecule has 0 nitrogen and oxygen atoms in total. The zero-order chi connectivity index (χ0) is 17.8. The molecule has 0 saturated carbocycles. The molecule has 24 heavy (non-hydrogen) atoms. The third kappa shape index (κ3) is 2.96. The van der Waals surface area contributed by atoms with Gasteiger partial charge < -0.3 is 0 Å². The summed E-state index contributed by atoms with van der Waals surface area (Å²) in [5.41, 5.74) is 6.40. The van der Waals surface area contributed by atoms with E-state index in [0.29, 0.717) is 0 Å². The van der Waals surface area contributed by atoms with Crippen LogP contribution in [0.5, 0.6) is 0 Å². The van der Waals surface area contributed by atoms with Crippen LogP contribution in [0.3, 0.4) is 0 Å². The molecular weight excluding hydrogens is 356 g/mol. The minimum Gasteiger partial charge on any atom is -0.0579 e. The van der Waals surface area contributed by atoms with Crippen LogP contribution < -0.4 is 0 Å². The second-order valence-electron chi connectivity index (χ2n) is 9.16. The van der Waals surface area contributed by atoms with Crippen molar-refractivity contribution >= 4 is 15.9 Å². The number of rotatable bonds is 2. The Hall–Kier alpha value is -1.08. The summed E-state index contributed by atoms with van der Waals surface area (Å²) in [5.74, 6) is 0. The molecular formula is C23H29Br. The molecule has 0 unspecified atom stereocenters. The van der Waals surface area contributed by atoms with Gasteiger partial charge in [0, 0.05) is 9.89 Å². The molecule has 2 aromatic carbocycles. The molecule has 0 radical (unpaired) electrons. The van der Waals surface area contributed by atoms with E-state index in [-0.39, 0.29) is 16.2 Å². The first-order valence-corrected chi connectivity index (χ1v) is 9.75. The molecule has 128 valence electrons. The van der Waals surface area contributed by atoms with Crippen LogP contribution in [0.15, 0.2) is 46.9 Å². The van der Waals surface area contributed by atoms with Gasteiger partial charge in [-0.1, -0.05) is 87.8 Å². The van der Waals surface area contributed by atoms with Gasteiger partial charge in [-0.3, -0.25) is 0 Å². The lowest BCUT2D eigenvalue weighted by Crippen LogP contribution is -2.34. The van der Waals surface area contributed by atoms with Gasteiger partial charge in [0.1, 0.15) is 0 Å². The topological polar surface area (TPSA) is 0 Å². The number of fused-ring (bicyclic) bond motifs is 1. The molecule has 0 bridgehead atoms. The Bertz CT molecular complexity index is 748. The second-order valence-corrected chi connectivity index (χ2v) is 10.1. The van der Waals surface area contributed by atoms with Crippen molar-refractivity contribution in [3.05, 3.63) is 69.2 Å². The van der Waals surface area contributed by atoms with Gasteiger partial charge in [-0.05, 0) is 58.1 Å². The van der Waals surface area contributed by atoms with E-state index in [2.05, 4.69) is 99.9 Å². The number of hydrogen-bond donors (Lipinski definition) is 0. The molecule has 3 rings (SSSR count). The second kappa shape index (κ2) is 5.73. The van der Waals surface area contributed by atoms with Crippen molar-refractivity contribution in [1.29, 1.82) is 0 Å². The van der Waals surface area contributed by atoms with E-state index in [1.807, 2.05) is 0 Å². The van der Waals surface area contributed by atoms with Crippen molar-refractivity contribution in [2.24, 2.45) is 0 Å². The van der Waals surface area contributed by atoms with Gasteiger partial charge in [0.05, 0.1) is 0 Å². The van der Waals surface area contributed by atoms with Crippen LogP contribution >= 0.6 is 15.9 Å². The van der Waals surface area contributed by atoms with E-state index in [4.69, 9.17) is 0 Å². The maximum absolute atomic E-state index is 3.55. The fourth-order valence-corrected chi connectivity index (χ4v) is 4.27. The number of hydrogen-bond acceptors (Lipinski definition) is 0. The molecule has 1 aliphatic carbocycles. The molecule has 0 atom stereocenters. The van der Waals surface area contributed by atoms with Gasteiger partial charge in [0.2, 0.25) is 0 Å². The standard InChI is InChI=1S/C23H29Br/c1-21(2)13-14-22(3,4)20-15-17(9-12-19(20)21)23(5,6)16-7-10-18(24)11-8-16/h7-12,15H,13-14H2,1-6H3. The SMILES string of the molecule is CC1(C)CCC(C)(C)c2cc(C(C)(C)c3ccc(Br)cc3)ccc21. The van der Waals surface area contributed by atoms with Gasteiger partial charge in [-0.2, -0.15) is 0 Å². The minimum absolute atomic E-state index is 0.00734. The first kappa shape index (κ1) is 17.7. The van der Waals surface area contributed by atoms with E-state index in [9.17, 15) is 0 Å². The quantitative estimate of drug-likeness (QED) is 0.516. The molecule has 0 fully saturated rings. The fourth-order valence-electron chi connectivity index (χ4n) is 4.01. The van der Waals surface area contributed by atoms with Crippen LogP contribution in [0, 0.1) is 0 Å². The van der Waals surface area contributed by atoms with Crippen LogP contribution in [-0.2, 0) is 16.2 Å². The molecule has 0 spiro atoms.